The number of nitrogens with one attached hydrogen (secondary N) is 2. The Morgan fingerprint density at radius 1 is 1.30 bits per heavy atom. The zero-order valence-electron chi connectivity index (χ0n) is 13.6. The molecule has 2 aliphatic heterocycles. The van der Waals surface area contributed by atoms with Gasteiger partial charge in [-0.3, -0.25) is 14.7 Å². The van der Waals surface area contributed by atoms with Crippen LogP contribution in [0.1, 0.15) is 32.1 Å². The average molecular weight is 435 g/mol. The summed E-state index contributed by atoms with van der Waals surface area (Å²) in [5, 5.41) is 5.82. The third-order valence-electron chi connectivity index (χ3n) is 5.17. The van der Waals surface area contributed by atoms with Gasteiger partial charge in [0.25, 0.3) is 0 Å². The molecule has 7 nitrogen and oxygen atoms in total. The fourth-order valence-corrected chi connectivity index (χ4v) is 3.94. The number of hydrogen-bond donors (Lipinski definition) is 2. The number of aliphatic imine (C=N–C) groups is 1. The Bertz CT molecular complexity index is 474. The van der Waals surface area contributed by atoms with Crippen LogP contribution in [-0.4, -0.2) is 67.5 Å². The monoisotopic (exact) mass is 435 g/mol. The Morgan fingerprint density at radius 2 is 2.04 bits per heavy atom. The van der Waals surface area contributed by atoms with Gasteiger partial charge in [0.1, 0.15) is 0 Å². The van der Waals surface area contributed by atoms with Crippen molar-refractivity contribution in [1.29, 1.82) is 0 Å². The molecular formula is C15H26IN5O2. The van der Waals surface area contributed by atoms with E-state index < -0.39 is 0 Å². The lowest BCUT2D eigenvalue weighted by Crippen LogP contribution is -2.45. The van der Waals surface area contributed by atoms with Crippen molar-refractivity contribution in [2.45, 2.75) is 32.1 Å². The lowest BCUT2D eigenvalue weighted by Gasteiger charge is -2.26. The molecule has 1 spiro atoms. The van der Waals surface area contributed by atoms with Crippen LogP contribution in [0.5, 0.6) is 0 Å². The maximum Gasteiger partial charge on any atom is 0.324 e. The summed E-state index contributed by atoms with van der Waals surface area (Å²) in [5.41, 5.74) is 0.502. The summed E-state index contributed by atoms with van der Waals surface area (Å²) >= 11 is 0. The number of guanidine groups is 1. The SMILES string of the molecule is CN=C(NCCN1C(=O)CNC1=O)N1CCC2(CCCC2)C1.I. The van der Waals surface area contributed by atoms with E-state index in [0.29, 0.717) is 18.5 Å². The number of urea groups is 1. The minimum atomic E-state index is -0.298. The first-order valence-corrected chi connectivity index (χ1v) is 8.17. The van der Waals surface area contributed by atoms with Crippen molar-refractivity contribution in [3.05, 3.63) is 0 Å². The van der Waals surface area contributed by atoms with E-state index >= 15 is 0 Å². The highest BCUT2D eigenvalue weighted by atomic mass is 127. The van der Waals surface area contributed by atoms with Crippen molar-refractivity contribution in [2.75, 3.05) is 39.8 Å². The number of nitrogens with zero attached hydrogens (tertiary/aromatic N) is 3. The van der Waals surface area contributed by atoms with Gasteiger partial charge in [-0.25, -0.2) is 4.79 Å². The Labute approximate surface area is 154 Å². The normalized spacial score (nSPS) is 23.4. The predicted octanol–water partition coefficient (Wildman–Crippen LogP) is 0.998. The van der Waals surface area contributed by atoms with Gasteiger partial charge >= 0.3 is 6.03 Å². The second-order valence-corrected chi connectivity index (χ2v) is 6.56. The zero-order valence-corrected chi connectivity index (χ0v) is 16.0. The lowest BCUT2D eigenvalue weighted by molar-refractivity contribution is -0.124. The number of imide groups is 1. The van der Waals surface area contributed by atoms with E-state index in [2.05, 4.69) is 20.5 Å². The molecule has 0 radical (unpaired) electrons. The minimum absolute atomic E-state index is 0. The summed E-state index contributed by atoms with van der Waals surface area (Å²) in [6, 6.07) is -0.298. The molecule has 2 saturated heterocycles. The Balaban J connectivity index is 0.00000192. The number of carbonyl (C=O) groups is 2. The van der Waals surface area contributed by atoms with Crippen LogP contribution in [0.15, 0.2) is 4.99 Å². The Kier molecular flexibility index (Phi) is 6.10. The molecular weight excluding hydrogens is 409 g/mol. The molecule has 0 atom stereocenters. The third-order valence-corrected chi connectivity index (χ3v) is 5.17. The molecule has 0 bridgehead atoms. The van der Waals surface area contributed by atoms with E-state index in [1.54, 1.807) is 7.05 Å². The molecule has 0 aromatic carbocycles. The summed E-state index contributed by atoms with van der Waals surface area (Å²) in [5.74, 6) is 0.726. The molecule has 130 valence electrons. The lowest BCUT2D eigenvalue weighted by atomic mass is 9.86. The molecule has 3 amide bonds. The van der Waals surface area contributed by atoms with Gasteiger partial charge in [0, 0.05) is 33.2 Å². The molecule has 0 aromatic rings. The van der Waals surface area contributed by atoms with Gasteiger partial charge in [-0.05, 0) is 24.7 Å². The second kappa shape index (κ2) is 7.67. The number of carbonyl (C=O) groups excluding carboxylic acids is 2. The molecule has 2 heterocycles. The summed E-state index contributed by atoms with van der Waals surface area (Å²) < 4.78 is 0. The quantitative estimate of drug-likeness (QED) is 0.300. The van der Waals surface area contributed by atoms with Gasteiger partial charge in [0.2, 0.25) is 5.91 Å². The first kappa shape index (κ1) is 18.3. The molecule has 3 fully saturated rings. The molecule has 1 saturated carbocycles. The first-order valence-electron chi connectivity index (χ1n) is 8.17. The Morgan fingerprint density at radius 3 is 2.65 bits per heavy atom. The predicted molar refractivity (Wildman–Crippen MR) is 99.0 cm³/mol. The van der Waals surface area contributed by atoms with Crippen molar-refractivity contribution in [3.63, 3.8) is 0 Å². The van der Waals surface area contributed by atoms with Crippen molar-refractivity contribution < 1.29 is 9.59 Å². The summed E-state index contributed by atoms with van der Waals surface area (Å²) in [6.07, 6.45) is 6.63. The van der Waals surface area contributed by atoms with Gasteiger partial charge in [0.05, 0.1) is 6.54 Å². The maximum atomic E-state index is 11.5. The van der Waals surface area contributed by atoms with E-state index in [0.717, 1.165) is 19.0 Å². The number of halogens is 1. The highest BCUT2D eigenvalue weighted by Gasteiger charge is 2.41. The van der Waals surface area contributed by atoms with E-state index in [1.807, 2.05) is 0 Å². The molecule has 0 unspecified atom stereocenters. The average Bonchev–Trinajstić information content (AvgIpc) is 3.22. The van der Waals surface area contributed by atoms with Crippen molar-refractivity contribution in [3.8, 4) is 0 Å². The van der Waals surface area contributed by atoms with Crippen LogP contribution in [0, 0.1) is 5.41 Å². The van der Waals surface area contributed by atoms with Gasteiger partial charge in [-0.1, -0.05) is 12.8 Å². The van der Waals surface area contributed by atoms with Crippen LogP contribution < -0.4 is 10.6 Å². The number of likely N-dealkylation sites (tertiary alicyclic amines) is 1. The Hall–Kier alpha value is -1.06. The second-order valence-electron chi connectivity index (χ2n) is 6.56. The van der Waals surface area contributed by atoms with Crippen LogP contribution in [0.4, 0.5) is 4.79 Å². The summed E-state index contributed by atoms with van der Waals surface area (Å²) in [4.78, 5) is 30.9. The van der Waals surface area contributed by atoms with Gasteiger partial charge in [-0.2, -0.15) is 0 Å². The summed E-state index contributed by atoms with van der Waals surface area (Å²) in [7, 11) is 1.79. The minimum Gasteiger partial charge on any atom is -0.354 e. The standard InChI is InChI=1S/C15H25N5O2.HI/c1-16-13(17-7-9-20-12(21)10-18-14(20)22)19-8-6-15(11-19)4-2-3-5-15;/h2-11H2,1H3,(H,16,17)(H,18,22);1H. The topological polar surface area (TPSA) is 77.0 Å². The van der Waals surface area contributed by atoms with Crippen molar-refractivity contribution in [1.82, 2.24) is 20.4 Å². The van der Waals surface area contributed by atoms with Crippen LogP contribution in [0.2, 0.25) is 0 Å². The number of rotatable bonds is 3. The van der Waals surface area contributed by atoms with Gasteiger partial charge in [-0.15, -0.1) is 24.0 Å². The van der Waals surface area contributed by atoms with Gasteiger partial charge < -0.3 is 15.5 Å². The molecule has 3 aliphatic rings. The highest BCUT2D eigenvalue weighted by molar-refractivity contribution is 14.0. The highest BCUT2D eigenvalue weighted by Crippen LogP contribution is 2.45. The van der Waals surface area contributed by atoms with Crippen LogP contribution in [0.3, 0.4) is 0 Å². The molecule has 3 rings (SSSR count). The van der Waals surface area contributed by atoms with Gasteiger partial charge in [0.15, 0.2) is 5.96 Å². The molecule has 2 N–H and O–H groups in total. The van der Waals surface area contributed by atoms with Crippen LogP contribution >= 0.6 is 24.0 Å². The van der Waals surface area contributed by atoms with E-state index in [-0.39, 0.29) is 42.5 Å². The smallest absolute Gasteiger partial charge is 0.324 e. The van der Waals surface area contributed by atoms with E-state index in [1.165, 1.54) is 37.0 Å². The molecule has 0 aromatic heterocycles. The molecule has 1 aliphatic carbocycles. The zero-order chi connectivity index (χ0) is 15.6. The number of amides is 3. The third kappa shape index (κ3) is 3.89. The largest absolute Gasteiger partial charge is 0.354 e. The number of hydrogen-bond acceptors (Lipinski definition) is 3. The van der Waals surface area contributed by atoms with Crippen LogP contribution in [0.25, 0.3) is 0 Å². The van der Waals surface area contributed by atoms with E-state index in [9.17, 15) is 9.59 Å². The van der Waals surface area contributed by atoms with E-state index in [4.69, 9.17) is 0 Å². The van der Waals surface area contributed by atoms with Crippen LogP contribution in [-0.2, 0) is 4.79 Å². The summed E-state index contributed by atoms with van der Waals surface area (Å²) in [6.45, 7) is 3.15. The van der Waals surface area contributed by atoms with Crippen molar-refractivity contribution in [2.24, 2.45) is 10.4 Å². The molecule has 8 heteroatoms. The first-order chi connectivity index (χ1) is 10.6. The molecule has 23 heavy (non-hydrogen) atoms. The maximum absolute atomic E-state index is 11.5. The van der Waals surface area contributed by atoms with Crippen molar-refractivity contribution >= 4 is 41.9 Å². The fourth-order valence-electron chi connectivity index (χ4n) is 3.94. The fraction of sp³-hybridized carbons (Fsp3) is 0.800.